The van der Waals surface area contributed by atoms with E-state index in [-0.39, 0.29) is 34.2 Å². The Kier molecular flexibility index (Phi) is 3.95. The number of non-ortho nitro benzene ring substituents is 1. The predicted molar refractivity (Wildman–Crippen MR) is 102 cm³/mol. The number of hydrogen-bond donors (Lipinski definition) is 1. The number of allylic oxidation sites excluding steroid dienone is 2. The van der Waals surface area contributed by atoms with E-state index in [1.807, 2.05) is 13.8 Å². The van der Waals surface area contributed by atoms with Crippen LogP contribution in [-0.2, 0) is 0 Å². The molecule has 0 saturated heterocycles. The van der Waals surface area contributed by atoms with Gasteiger partial charge in [-0.1, -0.05) is 24.3 Å². The van der Waals surface area contributed by atoms with E-state index in [4.69, 9.17) is 0 Å². The maximum atomic E-state index is 11.7. The minimum atomic E-state index is -0.426. The van der Waals surface area contributed by atoms with Crippen molar-refractivity contribution in [2.75, 3.05) is 5.32 Å². The van der Waals surface area contributed by atoms with Crippen LogP contribution in [0.3, 0.4) is 0 Å². The van der Waals surface area contributed by atoms with Gasteiger partial charge in [-0.15, -0.1) is 0 Å². The molecule has 0 radical (unpaired) electrons. The highest BCUT2D eigenvalue weighted by molar-refractivity contribution is 5.74. The van der Waals surface area contributed by atoms with Gasteiger partial charge in [-0.2, -0.15) is 0 Å². The molecule has 0 spiro atoms. The molecule has 138 valence electrons. The molecule has 0 aromatic heterocycles. The molecule has 1 aliphatic heterocycles. The number of nitro groups is 2. The number of aryl methyl sites for hydroxylation is 1. The van der Waals surface area contributed by atoms with Gasteiger partial charge in [-0.25, -0.2) is 0 Å². The SMILES string of the molecule is Cc1cc([N+](=O)[O-])c2c(c1C)[C@@H]1C=CC[C@@H]1[C@@H](c1ccc([N+](=O)[O-])cc1)N2. The molecule has 7 nitrogen and oxygen atoms in total. The number of anilines is 1. The van der Waals surface area contributed by atoms with Gasteiger partial charge in [0.25, 0.3) is 11.4 Å². The summed E-state index contributed by atoms with van der Waals surface area (Å²) in [5, 5.41) is 26.0. The van der Waals surface area contributed by atoms with Crippen LogP contribution < -0.4 is 5.32 Å². The number of nitrogens with zero attached hydrogens (tertiary/aromatic N) is 2. The molecule has 0 saturated carbocycles. The van der Waals surface area contributed by atoms with Crippen molar-refractivity contribution in [3.05, 3.63) is 85.0 Å². The third-order valence-electron chi connectivity index (χ3n) is 5.81. The lowest BCUT2D eigenvalue weighted by Crippen LogP contribution is -2.30. The molecule has 2 aromatic rings. The first-order valence-corrected chi connectivity index (χ1v) is 8.84. The zero-order valence-corrected chi connectivity index (χ0v) is 15.0. The monoisotopic (exact) mass is 365 g/mol. The van der Waals surface area contributed by atoms with Crippen LogP contribution in [0.4, 0.5) is 17.1 Å². The van der Waals surface area contributed by atoms with Crippen molar-refractivity contribution in [3.63, 3.8) is 0 Å². The smallest absolute Gasteiger partial charge is 0.292 e. The van der Waals surface area contributed by atoms with Crippen molar-refractivity contribution in [3.8, 4) is 0 Å². The molecular formula is C20H19N3O4. The van der Waals surface area contributed by atoms with Crippen molar-refractivity contribution in [1.29, 1.82) is 0 Å². The van der Waals surface area contributed by atoms with E-state index >= 15 is 0 Å². The second kappa shape index (κ2) is 6.19. The topological polar surface area (TPSA) is 98.3 Å². The normalized spacial score (nSPS) is 22.7. The van der Waals surface area contributed by atoms with Crippen LogP contribution in [0.25, 0.3) is 0 Å². The highest BCUT2D eigenvalue weighted by atomic mass is 16.6. The van der Waals surface area contributed by atoms with Crippen molar-refractivity contribution in [1.82, 2.24) is 0 Å². The molecule has 0 bridgehead atoms. The Morgan fingerprint density at radius 1 is 1.07 bits per heavy atom. The lowest BCUT2D eigenvalue weighted by atomic mass is 9.74. The third-order valence-corrected chi connectivity index (χ3v) is 5.81. The first kappa shape index (κ1) is 17.2. The summed E-state index contributed by atoms with van der Waals surface area (Å²) in [4.78, 5) is 21.8. The average Bonchev–Trinajstić information content (AvgIpc) is 3.13. The van der Waals surface area contributed by atoms with E-state index in [1.54, 1.807) is 18.2 Å². The molecule has 27 heavy (non-hydrogen) atoms. The van der Waals surface area contributed by atoms with Gasteiger partial charge in [0.05, 0.1) is 15.9 Å². The summed E-state index contributed by atoms with van der Waals surface area (Å²) >= 11 is 0. The van der Waals surface area contributed by atoms with Gasteiger partial charge < -0.3 is 5.32 Å². The Labute approximate surface area is 156 Å². The first-order valence-electron chi connectivity index (χ1n) is 8.84. The number of nitrogens with one attached hydrogen (secondary N) is 1. The summed E-state index contributed by atoms with van der Waals surface area (Å²) in [5.74, 6) is 0.319. The van der Waals surface area contributed by atoms with Crippen LogP contribution in [0.1, 0.15) is 40.6 Å². The van der Waals surface area contributed by atoms with Gasteiger partial charge in [0.1, 0.15) is 5.69 Å². The molecule has 0 unspecified atom stereocenters. The fraction of sp³-hybridized carbons (Fsp3) is 0.300. The van der Waals surface area contributed by atoms with Crippen molar-refractivity contribution < 1.29 is 9.85 Å². The van der Waals surface area contributed by atoms with E-state index in [0.717, 1.165) is 28.7 Å². The van der Waals surface area contributed by atoms with Gasteiger partial charge in [-0.05, 0) is 48.4 Å². The zero-order chi connectivity index (χ0) is 19.3. The minimum absolute atomic E-state index is 0.0357. The number of hydrogen-bond acceptors (Lipinski definition) is 5. The molecule has 4 rings (SSSR count). The van der Waals surface area contributed by atoms with Gasteiger partial charge in [-0.3, -0.25) is 20.2 Å². The van der Waals surface area contributed by atoms with E-state index in [9.17, 15) is 20.2 Å². The number of rotatable bonds is 3. The second-order valence-corrected chi connectivity index (χ2v) is 7.21. The van der Waals surface area contributed by atoms with Crippen LogP contribution in [0.5, 0.6) is 0 Å². The third kappa shape index (κ3) is 2.66. The van der Waals surface area contributed by atoms with E-state index in [2.05, 4.69) is 17.5 Å². The fourth-order valence-corrected chi connectivity index (χ4v) is 4.36. The molecular weight excluding hydrogens is 346 g/mol. The maximum Gasteiger partial charge on any atom is 0.292 e. The predicted octanol–water partition coefficient (Wildman–Crippen LogP) is 4.95. The summed E-state index contributed by atoms with van der Waals surface area (Å²) in [6.07, 6.45) is 5.12. The van der Waals surface area contributed by atoms with Crippen molar-refractivity contribution in [2.24, 2.45) is 5.92 Å². The molecule has 0 amide bonds. The summed E-state index contributed by atoms with van der Waals surface area (Å²) in [7, 11) is 0. The molecule has 2 aromatic carbocycles. The Morgan fingerprint density at radius 2 is 1.78 bits per heavy atom. The van der Waals surface area contributed by atoms with Crippen LogP contribution >= 0.6 is 0 Å². The molecule has 1 heterocycles. The summed E-state index contributed by atoms with van der Waals surface area (Å²) in [6, 6.07) is 7.93. The Bertz CT molecular complexity index is 982. The average molecular weight is 365 g/mol. The van der Waals surface area contributed by atoms with Crippen LogP contribution in [0.2, 0.25) is 0 Å². The number of nitro benzene ring substituents is 2. The largest absolute Gasteiger partial charge is 0.372 e. The van der Waals surface area contributed by atoms with Crippen LogP contribution in [-0.4, -0.2) is 9.85 Å². The quantitative estimate of drug-likeness (QED) is 0.471. The Balaban J connectivity index is 1.85. The fourth-order valence-electron chi connectivity index (χ4n) is 4.36. The van der Waals surface area contributed by atoms with E-state index in [0.29, 0.717) is 5.69 Å². The van der Waals surface area contributed by atoms with E-state index < -0.39 is 4.92 Å². The maximum absolute atomic E-state index is 11.7. The molecule has 7 heteroatoms. The van der Waals surface area contributed by atoms with Gasteiger partial charge in [0.2, 0.25) is 0 Å². The summed E-state index contributed by atoms with van der Waals surface area (Å²) < 4.78 is 0. The standard InChI is InChI=1S/C20H19N3O4/c1-11-10-17(23(26)27)20-18(12(11)2)15-4-3-5-16(15)19(21-20)13-6-8-14(9-7-13)22(24)25/h3-4,6-10,15-16,19,21H,5H2,1-2H3/t15-,16+,19-/m1/s1. The second-order valence-electron chi connectivity index (χ2n) is 7.21. The highest BCUT2D eigenvalue weighted by Gasteiger charge is 2.41. The molecule has 1 aliphatic carbocycles. The van der Waals surface area contributed by atoms with Crippen molar-refractivity contribution >= 4 is 17.1 Å². The van der Waals surface area contributed by atoms with Gasteiger partial charge in [0, 0.05) is 24.1 Å². The number of fused-ring (bicyclic) bond motifs is 3. The van der Waals surface area contributed by atoms with Gasteiger partial charge >= 0.3 is 0 Å². The van der Waals surface area contributed by atoms with Crippen LogP contribution in [0.15, 0.2) is 42.5 Å². The molecule has 1 N–H and O–H groups in total. The lowest BCUT2D eigenvalue weighted by Gasteiger charge is -2.38. The number of benzene rings is 2. The zero-order valence-electron chi connectivity index (χ0n) is 15.0. The first-order chi connectivity index (χ1) is 12.9. The lowest BCUT2D eigenvalue weighted by molar-refractivity contribution is -0.384. The summed E-state index contributed by atoms with van der Waals surface area (Å²) in [6.45, 7) is 3.91. The Morgan fingerprint density at radius 3 is 2.41 bits per heavy atom. The minimum Gasteiger partial charge on any atom is -0.372 e. The van der Waals surface area contributed by atoms with Crippen molar-refractivity contribution in [2.45, 2.75) is 32.2 Å². The van der Waals surface area contributed by atoms with Gasteiger partial charge in [0.15, 0.2) is 0 Å². The van der Waals surface area contributed by atoms with E-state index in [1.165, 1.54) is 12.1 Å². The van der Waals surface area contributed by atoms with Crippen LogP contribution in [0, 0.1) is 40.0 Å². The molecule has 0 fully saturated rings. The highest BCUT2D eigenvalue weighted by Crippen LogP contribution is 2.53. The molecule has 2 aliphatic rings. The Hall–Kier alpha value is -3.22. The summed E-state index contributed by atoms with van der Waals surface area (Å²) in [5.41, 5.74) is 4.57. The molecule has 3 atom stereocenters.